The zero-order valence-electron chi connectivity index (χ0n) is 9.37. The smallest absolute Gasteiger partial charge is 0.166 e. The van der Waals surface area contributed by atoms with Crippen molar-refractivity contribution in [1.29, 1.82) is 0 Å². The van der Waals surface area contributed by atoms with Gasteiger partial charge in [0.1, 0.15) is 0 Å². The molecule has 0 saturated heterocycles. The first-order chi connectivity index (χ1) is 6.64. The molecule has 0 saturated carbocycles. The highest BCUT2D eigenvalue weighted by molar-refractivity contribution is 5.34. The highest BCUT2D eigenvalue weighted by Gasteiger charge is 2.32. The topological polar surface area (TPSA) is 0 Å². The van der Waals surface area contributed by atoms with E-state index in [2.05, 4.69) is 0 Å². The molecule has 66 valence electrons. The second kappa shape index (κ2) is 2.81. The van der Waals surface area contributed by atoms with Crippen LogP contribution in [-0.4, -0.2) is 0 Å². The third-order valence-electron chi connectivity index (χ3n) is 1.64. The molecule has 0 N–H and O–H groups in total. The van der Waals surface area contributed by atoms with Crippen LogP contribution in [0, 0.1) is 13.8 Å². The van der Waals surface area contributed by atoms with Crippen LogP contribution in [0.15, 0.2) is 18.2 Å². The van der Waals surface area contributed by atoms with E-state index in [0.29, 0.717) is 0 Å². The summed E-state index contributed by atoms with van der Waals surface area (Å²) in [5, 5.41) is 0. The predicted molar refractivity (Wildman–Crippen MR) is 40.9 cm³/mol. The molecule has 0 fully saturated rings. The number of hydrogen-bond donors (Lipinski definition) is 0. The number of halogens is 3. The van der Waals surface area contributed by atoms with Crippen LogP contribution in [0.5, 0.6) is 0 Å². The Balaban J connectivity index is 3.37. The van der Waals surface area contributed by atoms with Gasteiger partial charge in [-0.1, -0.05) is 12.1 Å². The van der Waals surface area contributed by atoms with Crippen LogP contribution in [0.25, 0.3) is 0 Å². The van der Waals surface area contributed by atoms with E-state index in [0.717, 1.165) is 12.1 Å². The highest BCUT2D eigenvalue weighted by atomic mass is 19.4. The minimum Gasteiger partial charge on any atom is -0.166 e. The minimum atomic E-state index is -4.51. The molecule has 0 heterocycles. The number of aryl methyl sites for hydroxylation is 1. The van der Waals surface area contributed by atoms with Gasteiger partial charge in [-0.2, -0.15) is 13.2 Å². The maximum Gasteiger partial charge on any atom is 0.416 e. The second-order valence-electron chi connectivity index (χ2n) is 2.48. The Bertz CT molecular complexity index is 334. The molecular formula is C9H9F3. The van der Waals surface area contributed by atoms with Gasteiger partial charge in [-0.3, -0.25) is 0 Å². The molecule has 0 unspecified atom stereocenters. The molecular weight excluding hydrogens is 165 g/mol. The Labute approximate surface area is 73.2 Å². The maximum atomic E-state index is 12.4. The molecule has 3 heteroatoms. The molecule has 0 aliphatic rings. The van der Waals surface area contributed by atoms with E-state index in [-0.39, 0.29) is 11.1 Å². The largest absolute Gasteiger partial charge is 0.416 e. The lowest BCUT2D eigenvalue weighted by atomic mass is 10.0. The molecule has 12 heavy (non-hydrogen) atoms. The molecule has 0 spiro atoms. The third kappa shape index (κ3) is 1.60. The van der Waals surface area contributed by atoms with Crippen molar-refractivity contribution in [1.82, 2.24) is 0 Å². The van der Waals surface area contributed by atoms with E-state index >= 15 is 0 Å². The first-order valence-electron chi connectivity index (χ1n) is 4.81. The molecule has 1 aromatic rings. The van der Waals surface area contributed by atoms with Gasteiger partial charge in [0.25, 0.3) is 0 Å². The fourth-order valence-electron chi connectivity index (χ4n) is 0.943. The van der Waals surface area contributed by atoms with Gasteiger partial charge in [-0.25, -0.2) is 0 Å². The van der Waals surface area contributed by atoms with Crippen LogP contribution in [0.3, 0.4) is 0 Å². The molecule has 0 aromatic heterocycles. The molecule has 1 rings (SSSR count). The summed E-state index contributed by atoms with van der Waals surface area (Å²) in [4.78, 5) is 0. The van der Waals surface area contributed by atoms with Gasteiger partial charge >= 0.3 is 6.18 Å². The SMILES string of the molecule is [2H]C([2H])([2H])c1cccc(C(F)(F)F)c1C. The van der Waals surface area contributed by atoms with Crippen molar-refractivity contribution in [2.75, 3.05) is 0 Å². The fraction of sp³-hybridized carbons (Fsp3) is 0.333. The summed E-state index contributed by atoms with van der Waals surface area (Å²) < 4.78 is 58.5. The van der Waals surface area contributed by atoms with Gasteiger partial charge in [-0.15, -0.1) is 0 Å². The van der Waals surface area contributed by atoms with E-state index in [1.807, 2.05) is 0 Å². The van der Waals surface area contributed by atoms with E-state index in [9.17, 15) is 13.2 Å². The van der Waals surface area contributed by atoms with Crippen molar-refractivity contribution in [2.24, 2.45) is 0 Å². The average Bonchev–Trinajstić information content (AvgIpc) is 1.99. The lowest BCUT2D eigenvalue weighted by Crippen LogP contribution is -2.07. The Morgan fingerprint density at radius 2 is 2.00 bits per heavy atom. The van der Waals surface area contributed by atoms with Crippen molar-refractivity contribution < 1.29 is 17.3 Å². The highest BCUT2D eigenvalue weighted by Crippen LogP contribution is 2.32. The van der Waals surface area contributed by atoms with Gasteiger partial charge in [-0.05, 0) is 31.0 Å². The number of hydrogen-bond acceptors (Lipinski definition) is 0. The van der Waals surface area contributed by atoms with E-state index in [1.54, 1.807) is 0 Å². The van der Waals surface area contributed by atoms with Crippen LogP contribution < -0.4 is 0 Å². The van der Waals surface area contributed by atoms with Crippen LogP contribution in [0.1, 0.15) is 20.8 Å². The average molecular weight is 177 g/mol. The minimum absolute atomic E-state index is 0.231. The standard InChI is InChI=1S/C9H9F3/c1-6-4-3-5-8(7(6)2)9(10,11)12/h3-5H,1-2H3/i1D3. The number of rotatable bonds is 0. The Hall–Kier alpha value is -0.990. The number of alkyl halides is 3. The van der Waals surface area contributed by atoms with Crippen molar-refractivity contribution in [3.05, 3.63) is 34.9 Å². The first-order valence-corrected chi connectivity index (χ1v) is 3.31. The van der Waals surface area contributed by atoms with Gasteiger partial charge in [0.15, 0.2) is 0 Å². The molecule has 0 nitrogen and oxygen atoms in total. The van der Waals surface area contributed by atoms with Crippen LogP contribution >= 0.6 is 0 Å². The summed E-state index contributed by atoms with van der Waals surface area (Å²) in [7, 11) is 0. The monoisotopic (exact) mass is 177 g/mol. The van der Waals surface area contributed by atoms with Crippen LogP contribution in [0.4, 0.5) is 13.2 Å². The second-order valence-corrected chi connectivity index (χ2v) is 2.48. The first kappa shape index (κ1) is 5.62. The summed E-state index contributed by atoms with van der Waals surface area (Å²) in [6, 6.07) is 3.18. The molecule has 0 bridgehead atoms. The Kier molecular flexibility index (Phi) is 1.32. The predicted octanol–water partition coefficient (Wildman–Crippen LogP) is 3.32. The number of benzene rings is 1. The van der Waals surface area contributed by atoms with E-state index < -0.39 is 18.6 Å². The lowest BCUT2D eigenvalue weighted by Gasteiger charge is -2.11. The quantitative estimate of drug-likeness (QED) is 0.570. The maximum absolute atomic E-state index is 12.4. The molecule has 0 aliphatic carbocycles. The molecule has 0 amide bonds. The summed E-state index contributed by atoms with van der Waals surface area (Å²) >= 11 is 0. The Morgan fingerprint density at radius 1 is 1.33 bits per heavy atom. The zero-order chi connectivity index (χ0) is 11.9. The Morgan fingerprint density at radius 3 is 2.50 bits per heavy atom. The van der Waals surface area contributed by atoms with E-state index in [1.165, 1.54) is 13.0 Å². The summed E-state index contributed by atoms with van der Waals surface area (Å²) in [6.07, 6.45) is -4.51. The van der Waals surface area contributed by atoms with Gasteiger partial charge in [0.05, 0.1) is 5.56 Å². The fourth-order valence-corrected chi connectivity index (χ4v) is 0.943. The normalized spacial score (nSPS) is 16.5. The van der Waals surface area contributed by atoms with Crippen molar-refractivity contribution in [3.63, 3.8) is 0 Å². The molecule has 0 atom stereocenters. The van der Waals surface area contributed by atoms with Gasteiger partial charge in [0, 0.05) is 4.11 Å². The van der Waals surface area contributed by atoms with Crippen molar-refractivity contribution >= 4 is 0 Å². The van der Waals surface area contributed by atoms with Crippen molar-refractivity contribution in [2.45, 2.75) is 20.0 Å². The van der Waals surface area contributed by atoms with Crippen LogP contribution in [0.2, 0.25) is 0 Å². The van der Waals surface area contributed by atoms with Crippen LogP contribution in [-0.2, 0) is 6.18 Å². The summed E-state index contributed by atoms with van der Waals surface area (Å²) in [5.74, 6) is 0. The third-order valence-corrected chi connectivity index (χ3v) is 1.64. The molecule has 1 aromatic carbocycles. The summed E-state index contributed by atoms with van der Waals surface area (Å²) in [5.41, 5.74) is -1.38. The summed E-state index contributed by atoms with van der Waals surface area (Å²) in [6.45, 7) is -1.34. The molecule has 0 radical (unpaired) electrons. The lowest BCUT2D eigenvalue weighted by molar-refractivity contribution is -0.138. The van der Waals surface area contributed by atoms with Gasteiger partial charge < -0.3 is 0 Å². The molecule has 0 aliphatic heterocycles. The van der Waals surface area contributed by atoms with E-state index in [4.69, 9.17) is 4.11 Å². The zero-order valence-corrected chi connectivity index (χ0v) is 6.37. The van der Waals surface area contributed by atoms with Crippen molar-refractivity contribution in [3.8, 4) is 0 Å². The van der Waals surface area contributed by atoms with Gasteiger partial charge in [0.2, 0.25) is 0 Å².